The quantitative estimate of drug-likeness (QED) is 0.777. The molecule has 1 aliphatic rings. The first-order chi connectivity index (χ1) is 11.9. The minimum absolute atomic E-state index is 0.680. The van der Waals surface area contributed by atoms with E-state index in [1.54, 1.807) is 0 Å². The highest BCUT2D eigenvalue weighted by molar-refractivity contribution is 5.77. The van der Waals surface area contributed by atoms with Crippen molar-refractivity contribution in [1.82, 2.24) is 15.3 Å². The highest BCUT2D eigenvalue weighted by Crippen LogP contribution is 2.18. The zero-order chi connectivity index (χ0) is 16.2. The Balaban J connectivity index is 1.32. The number of anilines is 1. The third-order valence-electron chi connectivity index (χ3n) is 4.09. The van der Waals surface area contributed by atoms with Crippen molar-refractivity contribution in [2.24, 2.45) is 0 Å². The number of nitrogens with zero attached hydrogens (tertiary/aromatic N) is 3. The normalized spacial score (nSPS) is 15.1. The summed E-state index contributed by atoms with van der Waals surface area (Å²) in [6.07, 6.45) is 3.76. The molecular weight excluding hydrogens is 304 g/mol. The van der Waals surface area contributed by atoms with Crippen LogP contribution in [0.25, 0.3) is 11.0 Å². The molecule has 0 atom stereocenters. The SMILES string of the molecule is c1ccc2oc(CNCc3cnc(N4CCOCC4)nc3)cc2c1. The van der Waals surface area contributed by atoms with Gasteiger partial charge in [-0.25, -0.2) is 9.97 Å². The lowest BCUT2D eigenvalue weighted by molar-refractivity contribution is 0.122. The molecule has 6 heteroatoms. The van der Waals surface area contributed by atoms with Crippen molar-refractivity contribution in [2.75, 3.05) is 31.2 Å². The molecule has 2 aromatic heterocycles. The van der Waals surface area contributed by atoms with E-state index in [-0.39, 0.29) is 0 Å². The molecule has 1 aliphatic heterocycles. The second kappa shape index (κ2) is 6.98. The Labute approximate surface area is 140 Å². The molecule has 3 heterocycles. The van der Waals surface area contributed by atoms with Gasteiger partial charge in [0, 0.05) is 43.0 Å². The van der Waals surface area contributed by atoms with Crippen molar-refractivity contribution in [3.63, 3.8) is 0 Å². The summed E-state index contributed by atoms with van der Waals surface area (Å²) in [5, 5.41) is 4.50. The van der Waals surface area contributed by atoms with Gasteiger partial charge in [-0.1, -0.05) is 18.2 Å². The molecule has 1 N–H and O–H groups in total. The Hall–Kier alpha value is -2.44. The number of hydrogen-bond donors (Lipinski definition) is 1. The summed E-state index contributed by atoms with van der Waals surface area (Å²) in [5.41, 5.74) is 1.98. The molecule has 0 amide bonds. The van der Waals surface area contributed by atoms with Crippen LogP contribution in [0, 0.1) is 0 Å². The number of benzene rings is 1. The third kappa shape index (κ3) is 3.39. The first kappa shape index (κ1) is 15.1. The third-order valence-corrected chi connectivity index (χ3v) is 4.09. The van der Waals surface area contributed by atoms with E-state index in [4.69, 9.17) is 9.15 Å². The lowest BCUT2D eigenvalue weighted by atomic mass is 10.2. The molecule has 3 aromatic rings. The Morgan fingerprint density at radius 2 is 1.83 bits per heavy atom. The number of aromatic nitrogens is 2. The Kier molecular flexibility index (Phi) is 4.40. The van der Waals surface area contributed by atoms with Gasteiger partial charge in [-0.2, -0.15) is 0 Å². The van der Waals surface area contributed by atoms with E-state index >= 15 is 0 Å². The average Bonchev–Trinajstić information content (AvgIpc) is 3.06. The molecule has 0 bridgehead atoms. The van der Waals surface area contributed by atoms with Crippen molar-refractivity contribution >= 4 is 16.9 Å². The van der Waals surface area contributed by atoms with E-state index < -0.39 is 0 Å². The van der Waals surface area contributed by atoms with E-state index in [1.807, 2.05) is 30.6 Å². The first-order valence-corrected chi connectivity index (χ1v) is 8.20. The van der Waals surface area contributed by atoms with E-state index in [1.165, 1.54) is 0 Å². The molecule has 1 fully saturated rings. The molecule has 1 saturated heterocycles. The first-order valence-electron chi connectivity index (χ1n) is 8.20. The number of nitrogens with one attached hydrogen (secondary N) is 1. The van der Waals surface area contributed by atoms with Gasteiger partial charge in [-0.15, -0.1) is 0 Å². The summed E-state index contributed by atoms with van der Waals surface area (Å²) in [4.78, 5) is 11.1. The highest BCUT2D eigenvalue weighted by atomic mass is 16.5. The summed E-state index contributed by atoms with van der Waals surface area (Å²) in [5.74, 6) is 1.71. The lowest BCUT2D eigenvalue weighted by Gasteiger charge is -2.26. The molecule has 6 nitrogen and oxygen atoms in total. The Morgan fingerprint density at radius 3 is 2.62 bits per heavy atom. The molecule has 124 valence electrons. The fourth-order valence-corrected chi connectivity index (χ4v) is 2.82. The van der Waals surface area contributed by atoms with Crippen LogP contribution in [0.3, 0.4) is 0 Å². The van der Waals surface area contributed by atoms with Crippen LogP contribution in [0.5, 0.6) is 0 Å². The summed E-state index contributed by atoms with van der Waals surface area (Å²) < 4.78 is 11.1. The number of fused-ring (bicyclic) bond motifs is 1. The van der Waals surface area contributed by atoms with Crippen LogP contribution in [0.1, 0.15) is 11.3 Å². The van der Waals surface area contributed by atoms with Gasteiger partial charge in [0.15, 0.2) is 0 Å². The summed E-state index contributed by atoms with van der Waals surface area (Å²) in [6.45, 7) is 4.57. The average molecular weight is 324 g/mol. The van der Waals surface area contributed by atoms with Crippen LogP contribution in [0.2, 0.25) is 0 Å². The number of ether oxygens (including phenoxy) is 1. The van der Waals surface area contributed by atoms with Gasteiger partial charge >= 0.3 is 0 Å². The van der Waals surface area contributed by atoms with E-state index in [0.29, 0.717) is 13.1 Å². The molecule has 1 aromatic carbocycles. The van der Waals surface area contributed by atoms with Crippen molar-refractivity contribution in [3.05, 3.63) is 54.0 Å². The van der Waals surface area contributed by atoms with Gasteiger partial charge in [0.2, 0.25) is 5.95 Å². The fraction of sp³-hybridized carbons (Fsp3) is 0.333. The van der Waals surface area contributed by atoms with Crippen molar-refractivity contribution < 1.29 is 9.15 Å². The Morgan fingerprint density at radius 1 is 1.04 bits per heavy atom. The largest absolute Gasteiger partial charge is 0.460 e. The monoisotopic (exact) mass is 324 g/mol. The van der Waals surface area contributed by atoms with Crippen LogP contribution in [-0.2, 0) is 17.8 Å². The number of hydrogen-bond acceptors (Lipinski definition) is 6. The van der Waals surface area contributed by atoms with E-state index in [2.05, 4.69) is 32.3 Å². The molecule has 4 rings (SSSR count). The van der Waals surface area contributed by atoms with Gasteiger partial charge in [0.1, 0.15) is 11.3 Å². The summed E-state index contributed by atoms with van der Waals surface area (Å²) in [6, 6.07) is 10.1. The fourth-order valence-electron chi connectivity index (χ4n) is 2.82. The topological polar surface area (TPSA) is 63.4 Å². The highest BCUT2D eigenvalue weighted by Gasteiger charge is 2.13. The second-order valence-corrected chi connectivity index (χ2v) is 5.84. The maximum atomic E-state index is 5.79. The van der Waals surface area contributed by atoms with E-state index in [9.17, 15) is 0 Å². The summed E-state index contributed by atoms with van der Waals surface area (Å²) >= 11 is 0. The predicted molar refractivity (Wildman–Crippen MR) is 91.8 cm³/mol. The van der Waals surface area contributed by atoms with Gasteiger partial charge in [-0.3, -0.25) is 0 Å². The smallest absolute Gasteiger partial charge is 0.225 e. The molecule has 0 spiro atoms. The van der Waals surface area contributed by atoms with Crippen LogP contribution in [-0.4, -0.2) is 36.3 Å². The molecular formula is C18H20N4O2. The molecule has 0 radical (unpaired) electrons. The number of para-hydroxylation sites is 1. The van der Waals surface area contributed by atoms with Crippen LogP contribution >= 0.6 is 0 Å². The maximum absolute atomic E-state index is 5.79. The zero-order valence-corrected chi connectivity index (χ0v) is 13.4. The number of morpholine rings is 1. The van der Waals surface area contributed by atoms with Gasteiger partial charge in [-0.05, 0) is 12.1 Å². The lowest BCUT2D eigenvalue weighted by Crippen LogP contribution is -2.37. The van der Waals surface area contributed by atoms with Crippen molar-refractivity contribution in [1.29, 1.82) is 0 Å². The molecule has 0 aliphatic carbocycles. The Bertz CT molecular complexity index is 761. The van der Waals surface area contributed by atoms with Crippen LogP contribution in [0.15, 0.2) is 47.1 Å². The maximum Gasteiger partial charge on any atom is 0.225 e. The van der Waals surface area contributed by atoms with E-state index in [0.717, 1.165) is 54.5 Å². The molecule has 24 heavy (non-hydrogen) atoms. The molecule has 0 saturated carbocycles. The van der Waals surface area contributed by atoms with Gasteiger partial charge < -0.3 is 19.4 Å². The number of rotatable bonds is 5. The van der Waals surface area contributed by atoms with Crippen LogP contribution < -0.4 is 10.2 Å². The summed E-state index contributed by atoms with van der Waals surface area (Å²) in [7, 11) is 0. The van der Waals surface area contributed by atoms with Crippen LogP contribution in [0.4, 0.5) is 5.95 Å². The van der Waals surface area contributed by atoms with Crippen molar-refractivity contribution in [3.8, 4) is 0 Å². The standard InChI is InChI=1S/C18H20N4O2/c1-2-4-17-15(3-1)9-16(24-17)13-19-10-14-11-20-18(21-12-14)22-5-7-23-8-6-22/h1-4,9,11-12,19H,5-8,10,13H2. The predicted octanol–water partition coefficient (Wildman–Crippen LogP) is 2.35. The zero-order valence-electron chi connectivity index (χ0n) is 13.4. The van der Waals surface area contributed by atoms with Crippen molar-refractivity contribution in [2.45, 2.75) is 13.1 Å². The minimum Gasteiger partial charge on any atom is -0.460 e. The minimum atomic E-state index is 0.680. The number of furan rings is 1. The molecule has 0 unspecified atom stereocenters. The second-order valence-electron chi connectivity index (χ2n) is 5.84. The van der Waals surface area contributed by atoms with Gasteiger partial charge in [0.05, 0.1) is 19.8 Å². The van der Waals surface area contributed by atoms with Gasteiger partial charge in [0.25, 0.3) is 0 Å².